The van der Waals surface area contributed by atoms with Gasteiger partial charge in [-0.2, -0.15) is 0 Å². The molecule has 0 bridgehead atoms. The predicted molar refractivity (Wildman–Crippen MR) is 116 cm³/mol. The van der Waals surface area contributed by atoms with E-state index in [0.29, 0.717) is 18.7 Å². The fourth-order valence-corrected chi connectivity index (χ4v) is 3.65. The Kier molecular flexibility index (Phi) is 6.32. The summed E-state index contributed by atoms with van der Waals surface area (Å²) >= 11 is 5.63. The number of hydrogen-bond donors (Lipinski definition) is 0. The average Bonchev–Trinajstić information content (AvgIpc) is 2.93. The van der Waals surface area contributed by atoms with Crippen LogP contribution in [0.1, 0.15) is 40.2 Å². The second-order valence-corrected chi connectivity index (χ2v) is 8.88. The van der Waals surface area contributed by atoms with Gasteiger partial charge in [-0.05, 0) is 57.9 Å². The maximum Gasteiger partial charge on any atom is 0.525 e. The van der Waals surface area contributed by atoms with E-state index in [0.717, 1.165) is 24.3 Å². The lowest BCUT2D eigenvalue weighted by atomic mass is 9.83. The van der Waals surface area contributed by atoms with Gasteiger partial charge in [0.15, 0.2) is 0 Å². The molecule has 2 heterocycles. The monoisotopic (exact) mass is 422 g/mol. The van der Waals surface area contributed by atoms with Crippen LogP contribution in [0.3, 0.4) is 0 Å². The Morgan fingerprint density at radius 1 is 1.07 bits per heavy atom. The minimum atomic E-state index is -0.993. The van der Waals surface area contributed by atoms with E-state index in [1.165, 1.54) is 0 Å². The molecule has 29 heavy (non-hydrogen) atoms. The Labute approximate surface area is 177 Å². The van der Waals surface area contributed by atoms with E-state index in [-0.39, 0.29) is 11.8 Å². The highest BCUT2D eigenvalue weighted by molar-refractivity contribution is 6.55. The molecule has 2 aliphatic rings. The molecule has 1 amide bonds. The van der Waals surface area contributed by atoms with Crippen molar-refractivity contribution in [2.45, 2.75) is 45.8 Å². The van der Waals surface area contributed by atoms with Gasteiger partial charge in [-0.1, -0.05) is 12.1 Å². The molecule has 0 saturated carbocycles. The molecule has 0 spiro atoms. The fraction of sp³-hybridized carbons (Fsp3) is 0.571. The molecular weight excluding hydrogens is 394 g/mol. The van der Waals surface area contributed by atoms with Gasteiger partial charge in [0, 0.05) is 31.9 Å². The Hall–Kier alpha value is -1.57. The van der Waals surface area contributed by atoms with Crippen molar-refractivity contribution in [1.82, 2.24) is 4.90 Å². The van der Waals surface area contributed by atoms with Crippen LogP contribution in [0, 0.1) is 0 Å². The van der Waals surface area contributed by atoms with Crippen LogP contribution < -0.4 is 4.90 Å². The summed E-state index contributed by atoms with van der Waals surface area (Å²) in [7, 11) is -0.993. The Morgan fingerprint density at radius 2 is 1.59 bits per heavy atom. The molecule has 158 valence electrons. The average molecular weight is 423 g/mol. The molecule has 1 aromatic rings. The quantitative estimate of drug-likeness (QED) is 0.545. The summed E-state index contributed by atoms with van der Waals surface area (Å²) in [5, 5.41) is 0. The van der Waals surface area contributed by atoms with E-state index in [4.69, 9.17) is 20.9 Å². The molecule has 0 aliphatic carbocycles. The minimum Gasteiger partial charge on any atom is -0.398 e. The molecule has 8 heteroatoms. The van der Waals surface area contributed by atoms with E-state index in [2.05, 4.69) is 4.90 Å². The van der Waals surface area contributed by atoms with Crippen molar-refractivity contribution in [2.75, 3.05) is 37.0 Å². The predicted octanol–water partition coefficient (Wildman–Crippen LogP) is 3.91. The first-order valence-corrected chi connectivity index (χ1v) is 10.5. The van der Waals surface area contributed by atoms with Gasteiger partial charge in [0.25, 0.3) is 0 Å². The summed E-state index contributed by atoms with van der Waals surface area (Å²) in [5.74, 6) is -0.00473. The summed E-state index contributed by atoms with van der Waals surface area (Å²) in [4.78, 5) is 15.7. The zero-order valence-corrected chi connectivity index (χ0v) is 18.6. The van der Waals surface area contributed by atoms with Crippen LogP contribution in [-0.4, -0.2) is 61.2 Å². The molecule has 0 unspecified atom stereocenters. The van der Waals surface area contributed by atoms with Crippen molar-refractivity contribution in [3.8, 4) is 0 Å². The van der Waals surface area contributed by atoms with Gasteiger partial charge in [-0.15, -0.1) is 11.6 Å². The van der Waals surface area contributed by atoms with Crippen molar-refractivity contribution in [1.29, 1.82) is 0 Å². The number of rotatable bonds is 4. The number of anilines is 1. The zero-order chi connectivity index (χ0) is 21.4. The van der Waals surface area contributed by atoms with Crippen molar-refractivity contribution in [2.24, 2.45) is 0 Å². The van der Waals surface area contributed by atoms with Crippen LogP contribution in [0.25, 0.3) is 5.57 Å². The van der Waals surface area contributed by atoms with Crippen LogP contribution in [0.2, 0.25) is 0 Å². The van der Waals surface area contributed by atoms with E-state index >= 15 is 4.39 Å². The summed E-state index contributed by atoms with van der Waals surface area (Å²) in [6.45, 7) is 12.2. The summed E-state index contributed by atoms with van der Waals surface area (Å²) in [6, 6.07) is 7.78. The molecule has 0 radical (unpaired) electrons. The highest BCUT2D eigenvalue weighted by Gasteiger charge is 2.53. The summed E-state index contributed by atoms with van der Waals surface area (Å²) in [5.41, 5.74) is 0.794. The summed E-state index contributed by atoms with van der Waals surface area (Å²) < 4.78 is 26.7. The lowest BCUT2D eigenvalue weighted by Crippen LogP contribution is -2.49. The van der Waals surface area contributed by atoms with Crippen molar-refractivity contribution < 1.29 is 18.5 Å². The lowest BCUT2D eigenvalue weighted by molar-refractivity contribution is -0.128. The number of piperazine rings is 1. The van der Waals surface area contributed by atoms with Crippen LogP contribution in [0.4, 0.5) is 10.1 Å². The van der Waals surface area contributed by atoms with Gasteiger partial charge in [0.2, 0.25) is 5.91 Å². The number of benzene rings is 1. The highest BCUT2D eigenvalue weighted by Crippen LogP contribution is 2.40. The molecule has 2 saturated heterocycles. The van der Waals surface area contributed by atoms with Crippen molar-refractivity contribution in [3.05, 3.63) is 35.6 Å². The number of hydrogen-bond acceptors (Lipinski definition) is 4. The minimum absolute atomic E-state index is 0.0225. The Morgan fingerprint density at radius 3 is 2.07 bits per heavy atom. The first-order valence-electron chi connectivity index (χ1n) is 9.97. The van der Waals surface area contributed by atoms with Gasteiger partial charge in [-0.25, -0.2) is 4.39 Å². The number of nitrogens with zero attached hydrogens (tertiary/aromatic N) is 2. The topological polar surface area (TPSA) is 42.0 Å². The van der Waals surface area contributed by atoms with Gasteiger partial charge < -0.3 is 19.1 Å². The van der Waals surface area contributed by atoms with E-state index < -0.39 is 24.0 Å². The molecule has 3 rings (SSSR count). The third-order valence-electron chi connectivity index (χ3n) is 6.23. The third kappa shape index (κ3) is 4.47. The second-order valence-electron chi connectivity index (χ2n) is 8.61. The molecule has 0 N–H and O–H groups in total. The van der Waals surface area contributed by atoms with Gasteiger partial charge >= 0.3 is 7.12 Å². The van der Waals surface area contributed by atoms with E-state index in [1.807, 2.05) is 52.0 Å². The lowest BCUT2D eigenvalue weighted by Gasteiger charge is -2.36. The van der Waals surface area contributed by atoms with Crippen LogP contribution in [-0.2, 0) is 14.1 Å². The Balaban J connectivity index is 1.69. The second kappa shape index (κ2) is 8.28. The number of carbonyl (C=O) groups is 1. The smallest absolute Gasteiger partial charge is 0.398 e. The van der Waals surface area contributed by atoms with Crippen molar-refractivity contribution >= 4 is 35.9 Å². The third-order valence-corrected chi connectivity index (χ3v) is 6.46. The Bertz CT molecular complexity index is 774. The van der Waals surface area contributed by atoms with Crippen molar-refractivity contribution in [3.63, 3.8) is 0 Å². The van der Waals surface area contributed by atoms with E-state index in [9.17, 15) is 4.79 Å². The normalized spacial score (nSPS) is 22.0. The van der Waals surface area contributed by atoms with Crippen LogP contribution in [0.15, 0.2) is 30.0 Å². The molecule has 2 aliphatic heterocycles. The zero-order valence-electron chi connectivity index (χ0n) is 17.8. The fourth-order valence-electron chi connectivity index (χ4n) is 3.48. The van der Waals surface area contributed by atoms with Gasteiger partial charge in [0.05, 0.1) is 11.2 Å². The highest BCUT2D eigenvalue weighted by atomic mass is 35.5. The van der Waals surface area contributed by atoms with Crippen LogP contribution in [0.5, 0.6) is 0 Å². The summed E-state index contributed by atoms with van der Waals surface area (Å²) in [6.07, 6.45) is 0. The largest absolute Gasteiger partial charge is 0.525 e. The molecule has 1 aromatic carbocycles. The van der Waals surface area contributed by atoms with E-state index in [1.54, 1.807) is 11.8 Å². The molecule has 0 aromatic heterocycles. The molecule has 2 fully saturated rings. The maximum absolute atomic E-state index is 15.1. The molecular formula is C21H29BClFN2O3. The number of halogens is 2. The number of alkyl halides is 1. The first-order chi connectivity index (χ1) is 13.6. The number of carbonyl (C=O) groups excluding carboxylic acids is 1. The van der Waals surface area contributed by atoms with Gasteiger partial charge in [-0.3, -0.25) is 4.79 Å². The van der Waals surface area contributed by atoms with Gasteiger partial charge in [0.1, 0.15) is 11.6 Å². The number of allylic oxidation sites excluding steroid dienone is 1. The molecule has 5 nitrogen and oxygen atoms in total. The maximum atomic E-state index is 15.1. The molecule has 0 atom stereocenters. The van der Waals surface area contributed by atoms with Crippen LogP contribution >= 0.6 is 11.6 Å². The standard InChI is InChI=1S/C21H29BClFN2O3/c1-15(19(24)22-28-20(2,3)21(4,5)29-22)16-6-8-17(9-7-16)25-10-12-26(13-11-25)18(27)14-23/h6-9H,10-14H2,1-5H3. The SMILES string of the molecule is CC(=C(F)B1OC(C)(C)C(C)(C)O1)c1ccc(N2CCN(C(=O)CCl)CC2)cc1. The first kappa shape index (κ1) is 22.1. The number of amides is 1.